The zero-order valence-corrected chi connectivity index (χ0v) is 21.8. The Morgan fingerprint density at radius 1 is 1.00 bits per heavy atom. The second-order valence-corrected chi connectivity index (χ2v) is 9.04. The fourth-order valence-corrected chi connectivity index (χ4v) is 5.00. The number of anilines is 1. The number of hydrogen-bond donors (Lipinski definition) is 1. The summed E-state index contributed by atoms with van der Waals surface area (Å²) >= 11 is 0. The van der Waals surface area contributed by atoms with Crippen molar-refractivity contribution in [1.82, 2.24) is 9.80 Å². The Morgan fingerprint density at radius 3 is 2.35 bits per heavy atom. The van der Waals surface area contributed by atoms with Crippen molar-refractivity contribution < 1.29 is 14.3 Å². The van der Waals surface area contributed by atoms with E-state index >= 15 is 0 Å². The Kier molecular flexibility index (Phi) is 10.8. The molecule has 4 rings (SSSR count). The maximum atomic E-state index is 13.1. The van der Waals surface area contributed by atoms with Gasteiger partial charge in [-0.25, -0.2) is 0 Å². The summed E-state index contributed by atoms with van der Waals surface area (Å²) in [6.07, 6.45) is 4.71. The van der Waals surface area contributed by atoms with Crippen LogP contribution in [0.4, 0.5) is 5.69 Å². The van der Waals surface area contributed by atoms with Gasteiger partial charge in [-0.05, 0) is 79.1 Å². The lowest BCUT2D eigenvalue weighted by molar-refractivity contribution is -0.131. The largest absolute Gasteiger partial charge is 0.493 e. The predicted molar refractivity (Wildman–Crippen MR) is 142 cm³/mol. The Labute approximate surface area is 215 Å². The van der Waals surface area contributed by atoms with Crippen molar-refractivity contribution in [3.05, 3.63) is 53.1 Å². The van der Waals surface area contributed by atoms with E-state index in [2.05, 4.69) is 21.9 Å². The van der Waals surface area contributed by atoms with Crippen LogP contribution in [0.5, 0.6) is 11.5 Å². The topological polar surface area (TPSA) is 68.0 Å². The van der Waals surface area contributed by atoms with Crippen molar-refractivity contribution in [3.8, 4) is 11.5 Å². The van der Waals surface area contributed by atoms with Gasteiger partial charge in [-0.1, -0.05) is 12.1 Å². The number of methoxy groups -OCH3 is 2. The van der Waals surface area contributed by atoms with Crippen molar-refractivity contribution >= 4 is 36.4 Å². The molecule has 0 saturated carbocycles. The van der Waals surface area contributed by atoms with Crippen LogP contribution in [0.15, 0.2) is 36.4 Å². The molecule has 2 heterocycles. The van der Waals surface area contributed by atoms with Crippen molar-refractivity contribution in [3.63, 3.8) is 0 Å². The molecule has 1 fully saturated rings. The van der Waals surface area contributed by atoms with Gasteiger partial charge in [0.1, 0.15) is 0 Å². The van der Waals surface area contributed by atoms with Gasteiger partial charge >= 0.3 is 0 Å². The highest BCUT2D eigenvalue weighted by molar-refractivity contribution is 5.85. The van der Waals surface area contributed by atoms with E-state index in [1.54, 1.807) is 14.2 Å². The van der Waals surface area contributed by atoms with Gasteiger partial charge in [0.15, 0.2) is 11.5 Å². The number of likely N-dealkylation sites (tertiary alicyclic amines) is 1. The number of piperidine rings is 1. The molecule has 2 aromatic carbocycles. The van der Waals surface area contributed by atoms with E-state index in [-0.39, 0.29) is 30.7 Å². The number of ether oxygens (including phenoxy) is 2. The van der Waals surface area contributed by atoms with Gasteiger partial charge in [0.25, 0.3) is 0 Å². The highest BCUT2D eigenvalue weighted by atomic mass is 35.5. The molecule has 34 heavy (non-hydrogen) atoms. The average molecular weight is 511 g/mol. The highest BCUT2D eigenvalue weighted by Crippen LogP contribution is 2.32. The zero-order chi connectivity index (χ0) is 22.5. The number of nitrogens with zero attached hydrogens (tertiary/aromatic N) is 2. The minimum absolute atomic E-state index is 0. The summed E-state index contributed by atoms with van der Waals surface area (Å²) in [4.78, 5) is 17.7. The number of carbonyl (C=O) groups excluding carboxylic acids is 1. The van der Waals surface area contributed by atoms with Gasteiger partial charge in [-0.2, -0.15) is 0 Å². The van der Waals surface area contributed by atoms with Crippen molar-refractivity contribution in [2.24, 2.45) is 5.92 Å². The molecule has 2 N–H and O–H groups in total. The first-order chi connectivity index (χ1) is 15.6. The summed E-state index contributed by atoms with van der Waals surface area (Å²) in [5.74, 6) is 2.17. The molecule has 1 unspecified atom stereocenters. The van der Waals surface area contributed by atoms with Crippen LogP contribution < -0.4 is 15.2 Å². The molecule has 1 atom stereocenters. The van der Waals surface area contributed by atoms with Crippen molar-refractivity contribution in [2.75, 3.05) is 52.7 Å². The molecule has 1 saturated heterocycles. The van der Waals surface area contributed by atoms with Crippen molar-refractivity contribution in [1.29, 1.82) is 0 Å². The molecule has 8 heteroatoms. The number of fused-ring (bicyclic) bond motifs is 1. The number of nitrogens with two attached hydrogens (primary N) is 1. The average Bonchev–Trinajstić information content (AvgIpc) is 2.96. The molecule has 1 amide bonds. The predicted octanol–water partition coefficient (Wildman–Crippen LogP) is 4.01. The van der Waals surface area contributed by atoms with Crippen LogP contribution in [0.25, 0.3) is 0 Å². The Morgan fingerprint density at radius 2 is 1.68 bits per heavy atom. The van der Waals surface area contributed by atoms with Crippen LogP contribution in [-0.4, -0.2) is 62.7 Å². The molecule has 2 aliphatic heterocycles. The molecule has 0 bridgehead atoms. The quantitative estimate of drug-likeness (QED) is 0.571. The molecular weight excluding hydrogens is 473 g/mol. The molecule has 0 radical (unpaired) electrons. The molecule has 188 valence electrons. The van der Waals surface area contributed by atoms with E-state index < -0.39 is 0 Å². The lowest BCUT2D eigenvalue weighted by atomic mass is 9.96. The summed E-state index contributed by atoms with van der Waals surface area (Å²) < 4.78 is 10.9. The first-order valence-electron chi connectivity index (χ1n) is 11.6. The van der Waals surface area contributed by atoms with Gasteiger partial charge in [0.2, 0.25) is 5.91 Å². The molecule has 2 aliphatic rings. The van der Waals surface area contributed by atoms with Crippen LogP contribution in [-0.2, 0) is 24.1 Å². The third-order valence-corrected chi connectivity index (χ3v) is 6.83. The van der Waals surface area contributed by atoms with Crippen LogP contribution in [0, 0.1) is 5.92 Å². The number of hydrogen-bond acceptors (Lipinski definition) is 5. The maximum Gasteiger partial charge on any atom is 0.227 e. The fourth-order valence-electron chi connectivity index (χ4n) is 5.00. The SMILES string of the molecule is COc1cc2c(cc1OC)CC(=O)N(CC1CCCN(CCc3ccc(N)cc3)C1)CC2.Cl.Cl. The van der Waals surface area contributed by atoms with E-state index in [1.165, 1.54) is 24.0 Å². The summed E-state index contributed by atoms with van der Waals surface area (Å²) in [5.41, 5.74) is 10.2. The smallest absolute Gasteiger partial charge is 0.227 e. The summed E-state index contributed by atoms with van der Waals surface area (Å²) in [7, 11) is 3.29. The van der Waals surface area contributed by atoms with Gasteiger partial charge in [0.05, 0.1) is 20.6 Å². The third kappa shape index (κ3) is 6.94. The number of rotatable bonds is 7. The summed E-state index contributed by atoms with van der Waals surface area (Å²) in [5, 5.41) is 0. The number of halogens is 2. The van der Waals surface area contributed by atoms with Crippen molar-refractivity contribution in [2.45, 2.75) is 32.1 Å². The maximum absolute atomic E-state index is 13.1. The first kappa shape index (κ1) is 28.1. The standard InChI is InChI=1S/C26H35N3O3.2ClH/c1-31-24-14-21-10-13-29(26(30)16-22(21)15-25(24)32-2)18-20-4-3-11-28(17-20)12-9-19-5-7-23(27)8-6-19;;/h5-8,14-15,20H,3-4,9-13,16-18,27H2,1-2H3;2*1H. The minimum Gasteiger partial charge on any atom is -0.493 e. The normalized spacial score (nSPS) is 18.2. The van der Waals surface area contributed by atoms with Gasteiger partial charge < -0.3 is 25.0 Å². The van der Waals surface area contributed by atoms with Crippen LogP contribution >= 0.6 is 24.8 Å². The summed E-state index contributed by atoms with van der Waals surface area (Å²) in [6, 6.07) is 12.2. The molecule has 2 aromatic rings. The lowest BCUT2D eigenvalue weighted by Crippen LogP contribution is -2.44. The van der Waals surface area contributed by atoms with Gasteiger partial charge in [0, 0.05) is 31.9 Å². The molecule has 6 nitrogen and oxygen atoms in total. The Hall–Kier alpha value is -2.15. The Bertz CT molecular complexity index is 940. The zero-order valence-electron chi connectivity index (χ0n) is 20.1. The first-order valence-corrected chi connectivity index (χ1v) is 11.6. The second kappa shape index (κ2) is 13.1. The van der Waals surface area contributed by atoms with E-state index in [4.69, 9.17) is 15.2 Å². The van der Waals surface area contributed by atoms with E-state index in [9.17, 15) is 4.79 Å². The number of amides is 1. The molecule has 0 aliphatic carbocycles. The number of carbonyl (C=O) groups is 1. The second-order valence-electron chi connectivity index (χ2n) is 9.04. The van der Waals surface area contributed by atoms with Crippen LogP contribution in [0.3, 0.4) is 0 Å². The van der Waals surface area contributed by atoms with Gasteiger partial charge in [-0.15, -0.1) is 24.8 Å². The highest BCUT2D eigenvalue weighted by Gasteiger charge is 2.27. The monoisotopic (exact) mass is 509 g/mol. The molecular formula is C26H37Cl2N3O3. The van der Waals surface area contributed by atoms with Gasteiger partial charge in [-0.3, -0.25) is 4.79 Å². The van der Waals surface area contributed by atoms with E-state index in [0.29, 0.717) is 18.1 Å². The van der Waals surface area contributed by atoms with Crippen LogP contribution in [0.2, 0.25) is 0 Å². The Balaban J connectivity index is 0.00000204. The summed E-state index contributed by atoms with van der Waals surface area (Å²) in [6.45, 7) is 4.87. The molecule has 0 aromatic heterocycles. The fraction of sp³-hybridized carbons (Fsp3) is 0.500. The minimum atomic E-state index is 0. The molecule has 0 spiro atoms. The number of nitrogen functional groups attached to an aromatic ring is 1. The van der Waals surface area contributed by atoms with Crippen LogP contribution in [0.1, 0.15) is 29.5 Å². The third-order valence-electron chi connectivity index (χ3n) is 6.83. The lowest BCUT2D eigenvalue weighted by Gasteiger charge is -2.35. The van der Waals surface area contributed by atoms with E-state index in [0.717, 1.165) is 62.6 Å². The van der Waals surface area contributed by atoms with E-state index in [1.807, 2.05) is 24.3 Å². The number of benzene rings is 2.